The third-order valence-electron chi connectivity index (χ3n) is 5.33. The maximum atomic E-state index is 12.7. The number of amides is 1. The van der Waals surface area contributed by atoms with Gasteiger partial charge in [0.2, 0.25) is 5.91 Å². The van der Waals surface area contributed by atoms with Crippen LogP contribution in [0.2, 0.25) is 0 Å². The zero-order chi connectivity index (χ0) is 23.8. The van der Waals surface area contributed by atoms with E-state index in [9.17, 15) is 9.59 Å². The normalized spacial score (nSPS) is 10.7. The van der Waals surface area contributed by atoms with Crippen LogP contribution in [0.25, 0.3) is 11.1 Å². The predicted molar refractivity (Wildman–Crippen MR) is 134 cm³/mol. The number of aryl methyl sites for hydroxylation is 3. The van der Waals surface area contributed by atoms with Gasteiger partial charge < -0.3 is 14.8 Å². The number of hydrogen-bond acceptors (Lipinski definition) is 5. The minimum absolute atomic E-state index is 0.153. The Balaban J connectivity index is 1.65. The van der Waals surface area contributed by atoms with Crippen molar-refractivity contribution in [1.29, 1.82) is 0 Å². The van der Waals surface area contributed by atoms with E-state index in [4.69, 9.17) is 9.47 Å². The first-order valence-electron chi connectivity index (χ1n) is 11.3. The van der Waals surface area contributed by atoms with Crippen molar-refractivity contribution in [3.8, 4) is 16.9 Å². The first-order chi connectivity index (χ1) is 15.9. The molecule has 6 heteroatoms. The van der Waals surface area contributed by atoms with E-state index < -0.39 is 5.97 Å². The van der Waals surface area contributed by atoms with Crippen LogP contribution in [0.1, 0.15) is 53.7 Å². The lowest BCUT2D eigenvalue weighted by Gasteiger charge is -2.11. The Kier molecular flexibility index (Phi) is 8.66. The quantitative estimate of drug-likeness (QED) is 0.272. The van der Waals surface area contributed by atoms with Gasteiger partial charge in [0.25, 0.3) is 0 Å². The molecule has 3 aromatic rings. The Labute approximate surface area is 199 Å². The van der Waals surface area contributed by atoms with Gasteiger partial charge in [0.05, 0.1) is 13.2 Å². The topological polar surface area (TPSA) is 64.6 Å². The summed E-state index contributed by atoms with van der Waals surface area (Å²) in [4.78, 5) is 25.3. The van der Waals surface area contributed by atoms with Crippen molar-refractivity contribution in [2.75, 3.05) is 18.5 Å². The smallest absolute Gasteiger partial charge is 0.341 e. The van der Waals surface area contributed by atoms with E-state index in [0.717, 1.165) is 28.9 Å². The van der Waals surface area contributed by atoms with Crippen LogP contribution < -0.4 is 10.1 Å². The highest BCUT2D eigenvalue weighted by Gasteiger charge is 2.22. The van der Waals surface area contributed by atoms with Gasteiger partial charge in [-0.3, -0.25) is 4.79 Å². The molecule has 2 aromatic carbocycles. The van der Waals surface area contributed by atoms with Crippen LogP contribution in [0.4, 0.5) is 5.00 Å². The number of anilines is 1. The second kappa shape index (κ2) is 11.7. The van der Waals surface area contributed by atoms with Gasteiger partial charge in [-0.15, -0.1) is 11.3 Å². The van der Waals surface area contributed by atoms with Crippen molar-refractivity contribution in [3.05, 3.63) is 70.1 Å². The Morgan fingerprint density at radius 2 is 1.79 bits per heavy atom. The summed E-state index contributed by atoms with van der Waals surface area (Å²) in [6.07, 6.45) is 1.82. The van der Waals surface area contributed by atoms with E-state index in [1.165, 1.54) is 22.5 Å². The fourth-order valence-electron chi connectivity index (χ4n) is 3.55. The van der Waals surface area contributed by atoms with E-state index in [0.29, 0.717) is 30.0 Å². The molecular formula is C27H31NO4S. The third-order valence-corrected chi connectivity index (χ3v) is 6.23. The van der Waals surface area contributed by atoms with Crippen molar-refractivity contribution in [1.82, 2.24) is 0 Å². The lowest BCUT2D eigenvalue weighted by Crippen LogP contribution is -2.15. The first kappa shape index (κ1) is 24.5. The molecule has 1 N–H and O–H groups in total. The van der Waals surface area contributed by atoms with Crippen LogP contribution in [-0.2, 0) is 16.0 Å². The highest BCUT2D eigenvalue weighted by atomic mass is 32.1. The number of thiophene rings is 1. The van der Waals surface area contributed by atoms with Crippen LogP contribution in [0.3, 0.4) is 0 Å². The molecule has 0 aliphatic heterocycles. The predicted octanol–water partition coefficient (Wildman–Crippen LogP) is 6.57. The molecule has 0 saturated heterocycles. The Bertz CT molecular complexity index is 1100. The molecule has 0 fully saturated rings. The summed E-state index contributed by atoms with van der Waals surface area (Å²) in [5.74, 6) is 0.254. The number of esters is 1. The summed E-state index contributed by atoms with van der Waals surface area (Å²) in [5.41, 5.74) is 5.60. The minimum atomic E-state index is -0.429. The van der Waals surface area contributed by atoms with Gasteiger partial charge >= 0.3 is 5.97 Å². The van der Waals surface area contributed by atoms with Crippen molar-refractivity contribution in [2.45, 2.75) is 47.0 Å². The Morgan fingerprint density at radius 1 is 1.03 bits per heavy atom. The molecule has 0 bridgehead atoms. The Morgan fingerprint density at radius 3 is 2.45 bits per heavy atom. The standard InChI is InChI=1S/C27H31NO4S/c1-5-20-10-12-21(13-11-20)22-17-33-26(25(22)27(30)31-6-2)28-24(29)8-7-15-32-23-14-9-18(3)16-19(23)4/h9-14,16-17H,5-8,15H2,1-4H3,(H,28,29). The van der Waals surface area contributed by atoms with E-state index >= 15 is 0 Å². The van der Waals surface area contributed by atoms with E-state index in [-0.39, 0.29) is 12.5 Å². The number of rotatable bonds is 10. The van der Waals surface area contributed by atoms with Gasteiger partial charge in [-0.2, -0.15) is 0 Å². The molecule has 0 saturated carbocycles. The van der Waals surface area contributed by atoms with Gasteiger partial charge in [0, 0.05) is 17.4 Å². The number of benzene rings is 2. The van der Waals surface area contributed by atoms with E-state index in [2.05, 4.69) is 30.4 Å². The largest absolute Gasteiger partial charge is 0.493 e. The highest BCUT2D eigenvalue weighted by Crippen LogP contribution is 2.36. The molecule has 33 heavy (non-hydrogen) atoms. The second-order valence-corrected chi connectivity index (χ2v) is 8.77. The molecule has 1 amide bonds. The fourth-order valence-corrected chi connectivity index (χ4v) is 4.53. The summed E-state index contributed by atoms with van der Waals surface area (Å²) < 4.78 is 11.1. The lowest BCUT2D eigenvalue weighted by molar-refractivity contribution is -0.116. The Hall–Kier alpha value is -3.12. The maximum absolute atomic E-state index is 12.7. The first-order valence-corrected chi connectivity index (χ1v) is 12.2. The van der Waals surface area contributed by atoms with Crippen LogP contribution in [0.15, 0.2) is 47.8 Å². The van der Waals surface area contributed by atoms with Crippen LogP contribution >= 0.6 is 11.3 Å². The average Bonchev–Trinajstić information content (AvgIpc) is 3.21. The number of carbonyl (C=O) groups is 2. The summed E-state index contributed by atoms with van der Waals surface area (Å²) in [5, 5.41) is 5.32. The summed E-state index contributed by atoms with van der Waals surface area (Å²) in [6, 6.07) is 14.1. The summed E-state index contributed by atoms with van der Waals surface area (Å²) in [6.45, 7) is 8.64. The molecule has 1 heterocycles. The zero-order valence-corrected chi connectivity index (χ0v) is 20.5. The third kappa shape index (κ3) is 6.45. The van der Waals surface area contributed by atoms with E-state index in [1.807, 2.05) is 43.5 Å². The van der Waals surface area contributed by atoms with Crippen LogP contribution in [-0.4, -0.2) is 25.1 Å². The number of ether oxygens (including phenoxy) is 2. The van der Waals surface area contributed by atoms with Gasteiger partial charge in [-0.05, 0) is 56.4 Å². The molecule has 0 aliphatic rings. The number of hydrogen-bond donors (Lipinski definition) is 1. The van der Waals surface area contributed by atoms with Crippen molar-refractivity contribution in [2.24, 2.45) is 0 Å². The van der Waals surface area contributed by atoms with Gasteiger partial charge in [-0.1, -0.05) is 48.9 Å². The molecule has 1 aromatic heterocycles. The maximum Gasteiger partial charge on any atom is 0.341 e. The summed E-state index contributed by atoms with van der Waals surface area (Å²) >= 11 is 1.34. The van der Waals surface area contributed by atoms with Crippen molar-refractivity contribution >= 4 is 28.2 Å². The highest BCUT2D eigenvalue weighted by molar-refractivity contribution is 7.15. The molecule has 5 nitrogen and oxygen atoms in total. The number of carbonyl (C=O) groups excluding carboxylic acids is 2. The zero-order valence-electron chi connectivity index (χ0n) is 19.7. The fraction of sp³-hybridized carbons (Fsp3) is 0.333. The van der Waals surface area contributed by atoms with Crippen LogP contribution in [0.5, 0.6) is 5.75 Å². The second-order valence-electron chi connectivity index (χ2n) is 7.89. The monoisotopic (exact) mass is 465 g/mol. The van der Waals surface area contributed by atoms with Crippen molar-refractivity contribution in [3.63, 3.8) is 0 Å². The summed E-state index contributed by atoms with van der Waals surface area (Å²) in [7, 11) is 0. The van der Waals surface area contributed by atoms with Crippen molar-refractivity contribution < 1.29 is 19.1 Å². The molecule has 0 spiro atoms. The molecule has 0 aliphatic carbocycles. The molecule has 0 radical (unpaired) electrons. The van der Waals surface area contributed by atoms with Gasteiger partial charge in [0.15, 0.2) is 0 Å². The van der Waals surface area contributed by atoms with E-state index in [1.54, 1.807) is 6.92 Å². The molecule has 0 unspecified atom stereocenters. The van der Waals surface area contributed by atoms with Crippen LogP contribution in [0, 0.1) is 13.8 Å². The minimum Gasteiger partial charge on any atom is -0.493 e. The average molecular weight is 466 g/mol. The molecule has 3 rings (SSSR count). The molecule has 174 valence electrons. The lowest BCUT2D eigenvalue weighted by atomic mass is 10.0. The number of nitrogens with one attached hydrogen (secondary N) is 1. The van der Waals surface area contributed by atoms with Gasteiger partial charge in [0.1, 0.15) is 16.3 Å². The molecular weight excluding hydrogens is 434 g/mol. The molecule has 0 atom stereocenters. The SMILES string of the molecule is CCOC(=O)c1c(-c2ccc(CC)cc2)csc1NC(=O)CCCOc1ccc(C)cc1C. The van der Waals surface area contributed by atoms with Gasteiger partial charge in [-0.25, -0.2) is 4.79 Å².